The standard InChI is InChI=1S/C7H11N3O2S/c8-5-4-6(11)10(2-1-3-13)7(12)9-5/h4,13H,1-3,8H2,(H,9,12). The van der Waals surface area contributed by atoms with Gasteiger partial charge in [0.25, 0.3) is 5.56 Å². The number of hydrogen-bond acceptors (Lipinski definition) is 4. The van der Waals surface area contributed by atoms with Crippen LogP contribution in [-0.2, 0) is 6.54 Å². The molecule has 0 saturated carbocycles. The van der Waals surface area contributed by atoms with Crippen LogP contribution in [0, 0.1) is 0 Å². The van der Waals surface area contributed by atoms with Gasteiger partial charge in [0, 0.05) is 12.6 Å². The Kier molecular flexibility index (Phi) is 3.18. The molecule has 0 spiro atoms. The van der Waals surface area contributed by atoms with Crippen LogP contribution in [0.3, 0.4) is 0 Å². The van der Waals surface area contributed by atoms with Crippen LogP contribution in [0.25, 0.3) is 0 Å². The van der Waals surface area contributed by atoms with Gasteiger partial charge >= 0.3 is 5.69 Å². The van der Waals surface area contributed by atoms with E-state index in [-0.39, 0.29) is 11.4 Å². The van der Waals surface area contributed by atoms with E-state index in [1.54, 1.807) is 0 Å². The van der Waals surface area contributed by atoms with Crippen LogP contribution in [0.1, 0.15) is 6.42 Å². The normalized spacial score (nSPS) is 10.2. The molecule has 0 bridgehead atoms. The predicted octanol–water partition coefficient (Wildman–Crippen LogP) is -0.561. The zero-order valence-corrected chi connectivity index (χ0v) is 7.88. The summed E-state index contributed by atoms with van der Waals surface area (Å²) in [5.74, 6) is 0.730. The number of nitrogens with one attached hydrogen (secondary N) is 1. The van der Waals surface area contributed by atoms with Gasteiger partial charge in [-0.3, -0.25) is 14.3 Å². The second-order valence-electron chi connectivity index (χ2n) is 2.60. The van der Waals surface area contributed by atoms with Crippen molar-refractivity contribution in [3.05, 3.63) is 26.9 Å². The fourth-order valence-corrected chi connectivity index (χ4v) is 1.12. The Balaban J connectivity index is 3.07. The Morgan fingerprint density at radius 2 is 2.23 bits per heavy atom. The van der Waals surface area contributed by atoms with Crippen molar-refractivity contribution in [1.82, 2.24) is 9.55 Å². The zero-order chi connectivity index (χ0) is 9.84. The largest absolute Gasteiger partial charge is 0.385 e. The summed E-state index contributed by atoms with van der Waals surface area (Å²) >= 11 is 3.99. The number of thiol groups is 1. The van der Waals surface area contributed by atoms with Gasteiger partial charge in [-0.25, -0.2) is 4.79 Å². The zero-order valence-electron chi connectivity index (χ0n) is 6.99. The average Bonchev–Trinajstić information content (AvgIpc) is 2.02. The summed E-state index contributed by atoms with van der Waals surface area (Å²) in [5, 5.41) is 0. The number of rotatable bonds is 3. The van der Waals surface area contributed by atoms with Gasteiger partial charge in [-0.1, -0.05) is 0 Å². The summed E-state index contributed by atoms with van der Waals surface area (Å²) < 4.78 is 1.10. The van der Waals surface area contributed by atoms with E-state index in [4.69, 9.17) is 5.73 Å². The smallest absolute Gasteiger partial charge is 0.329 e. The molecule has 0 saturated heterocycles. The summed E-state index contributed by atoms with van der Waals surface area (Å²) in [6, 6.07) is 1.19. The Bertz CT molecular complexity index is 364. The summed E-state index contributed by atoms with van der Waals surface area (Å²) in [6.07, 6.45) is 0.677. The minimum atomic E-state index is -0.466. The molecule has 0 radical (unpaired) electrons. The monoisotopic (exact) mass is 201 g/mol. The van der Waals surface area contributed by atoms with E-state index in [1.165, 1.54) is 6.07 Å². The van der Waals surface area contributed by atoms with Crippen molar-refractivity contribution in [2.24, 2.45) is 0 Å². The second-order valence-corrected chi connectivity index (χ2v) is 3.04. The van der Waals surface area contributed by atoms with Gasteiger partial charge in [-0.05, 0) is 12.2 Å². The van der Waals surface area contributed by atoms with Gasteiger partial charge in [0.1, 0.15) is 5.82 Å². The quantitative estimate of drug-likeness (QED) is 0.573. The van der Waals surface area contributed by atoms with Gasteiger partial charge in [0.05, 0.1) is 0 Å². The number of hydrogen-bond donors (Lipinski definition) is 3. The third kappa shape index (κ3) is 2.38. The summed E-state index contributed by atoms with van der Waals surface area (Å²) in [4.78, 5) is 24.7. The molecule has 0 fully saturated rings. The first-order valence-corrected chi connectivity index (χ1v) is 4.49. The number of nitrogens with two attached hydrogens (primary N) is 1. The Morgan fingerprint density at radius 3 is 2.77 bits per heavy atom. The van der Waals surface area contributed by atoms with E-state index < -0.39 is 5.69 Å². The highest BCUT2D eigenvalue weighted by molar-refractivity contribution is 7.80. The molecule has 13 heavy (non-hydrogen) atoms. The van der Waals surface area contributed by atoms with Crippen LogP contribution in [0.4, 0.5) is 5.82 Å². The number of aromatic amines is 1. The molecule has 1 aromatic rings. The molecule has 5 nitrogen and oxygen atoms in total. The number of nitrogen functional groups attached to an aromatic ring is 1. The van der Waals surface area contributed by atoms with Crippen LogP contribution in [-0.4, -0.2) is 15.3 Å². The summed E-state index contributed by atoms with van der Waals surface area (Å²) in [7, 11) is 0. The first-order valence-electron chi connectivity index (χ1n) is 3.85. The maximum atomic E-state index is 11.2. The number of anilines is 1. The van der Waals surface area contributed by atoms with Gasteiger partial charge in [0.15, 0.2) is 0 Å². The van der Waals surface area contributed by atoms with Crippen molar-refractivity contribution in [3.8, 4) is 0 Å². The highest BCUT2D eigenvalue weighted by atomic mass is 32.1. The van der Waals surface area contributed by atoms with Crippen molar-refractivity contribution in [2.45, 2.75) is 13.0 Å². The average molecular weight is 201 g/mol. The van der Waals surface area contributed by atoms with Gasteiger partial charge < -0.3 is 5.73 Å². The molecular formula is C7H11N3O2S. The second kappa shape index (κ2) is 4.18. The van der Waals surface area contributed by atoms with E-state index in [0.717, 1.165) is 4.57 Å². The lowest BCUT2D eigenvalue weighted by Gasteiger charge is -2.02. The lowest BCUT2D eigenvalue weighted by atomic mass is 10.4. The fraction of sp³-hybridized carbons (Fsp3) is 0.429. The molecule has 3 N–H and O–H groups in total. The lowest BCUT2D eigenvalue weighted by Crippen LogP contribution is -2.35. The molecule has 0 atom stereocenters. The number of H-pyrrole nitrogens is 1. The first kappa shape index (κ1) is 9.91. The molecule has 1 heterocycles. The third-order valence-corrected chi connectivity index (χ3v) is 1.90. The molecule has 0 aromatic carbocycles. The summed E-state index contributed by atoms with van der Waals surface area (Å²) in [6.45, 7) is 0.373. The minimum absolute atomic E-state index is 0.0946. The van der Waals surface area contributed by atoms with Crippen LogP contribution in [0.15, 0.2) is 15.7 Å². The van der Waals surface area contributed by atoms with Crippen molar-refractivity contribution in [1.29, 1.82) is 0 Å². The van der Waals surface area contributed by atoms with Crippen molar-refractivity contribution < 1.29 is 0 Å². The van der Waals surface area contributed by atoms with E-state index in [9.17, 15) is 9.59 Å². The molecule has 0 aliphatic rings. The molecular weight excluding hydrogens is 190 g/mol. The number of nitrogens with zero attached hydrogens (tertiary/aromatic N) is 1. The van der Waals surface area contributed by atoms with Gasteiger partial charge in [-0.15, -0.1) is 0 Å². The Hall–Kier alpha value is -1.17. The highest BCUT2D eigenvalue weighted by Gasteiger charge is 2.00. The van der Waals surface area contributed by atoms with E-state index in [0.29, 0.717) is 18.7 Å². The van der Waals surface area contributed by atoms with Gasteiger partial charge in [-0.2, -0.15) is 12.6 Å². The number of aromatic nitrogens is 2. The minimum Gasteiger partial charge on any atom is -0.385 e. The highest BCUT2D eigenvalue weighted by Crippen LogP contribution is 1.87. The molecule has 0 aliphatic heterocycles. The van der Waals surface area contributed by atoms with Gasteiger partial charge in [0.2, 0.25) is 0 Å². The molecule has 1 rings (SSSR count). The van der Waals surface area contributed by atoms with Crippen molar-refractivity contribution in [3.63, 3.8) is 0 Å². The fourth-order valence-electron chi connectivity index (χ4n) is 0.979. The van der Waals surface area contributed by atoms with E-state index >= 15 is 0 Å². The first-order chi connectivity index (χ1) is 6.15. The molecule has 72 valence electrons. The third-order valence-electron chi connectivity index (χ3n) is 1.58. The maximum Gasteiger partial charge on any atom is 0.329 e. The van der Waals surface area contributed by atoms with Crippen molar-refractivity contribution >= 4 is 18.4 Å². The molecule has 0 aliphatic carbocycles. The Labute approximate surface area is 80.0 Å². The van der Waals surface area contributed by atoms with Crippen LogP contribution < -0.4 is 17.0 Å². The van der Waals surface area contributed by atoms with E-state index in [2.05, 4.69) is 17.6 Å². The van der Waals surface area contributed by atoms with Crippen LogP contribution >= 0.6 is 12.6 Å². The van der Waals surface area contributed by atoms with Crippen molar-refractivity contribution in [2.75, 3.05) is 11.5 Å². The summed E-state index contributed by atoms with van der Waals surface area (Å²) in [5.41, 5.74) is 4.43. The molecule has 1 aromatic heterocycles. The SMILES string of the molecule is Nc1cc(=O)n(CCCS)c(=O)[nH]1. The predicted molar refractivity (Wildman–Crippen MR) is 54.2 cm³/mol. The van der Waals surface area contributed by atoms with E-state index in [1.807, 2.05) is 0 Å². The maximum absolute atomic E-state index is 11.2. The molecule has 6 heteroatoms. The molecule has 0 amide bonds. The lowest BCUT2D eigenvalue weighted by molar-refractivity contribution is 0.621. The van der Waals surface area contributed by atoms with Crippen LogP contribution in [0.5, 0.6) is 0 Å². The topological polar surface area (TPSA) is 80.9 Å². The van der Waals surface area contributed by atoms with Crippen LogP contribution in [0.2, 0.25) is 0 Å². The Morgan fingerprint density at radius 1 is 1.54 bits per heavy atom. The molecule has 0 unspecified atom stereocenters.